The van der Waals surface area contributed by atoms with E-state index < -0.39 is 0 Å². The molecule has 0 radical (unpaired) electrons. The first-order valence-corrected chi connectivity index (χ1v) is 7.26. The summed E-state index contributed by atoms with van der Waals surface area (Å²) < 4.78 is 6.29. The number of benzene rings is 2. The van der Waals surface area contributed by atoms with Gasteiger partial charge in [-0.1, -0.05) is 43.3 Å². The smallest absolute Gasteiger partial charge is 0.127 e. The Kier molecular flexibility index (Phi) is 3.69. The van der Waals surface area contributed by atoms with E-state index in [2.05, 4.69) is 54.7 Å². The first-order valence-electron chi connectivity index (χ1n) is 7.26. The van der Waals surface area contributed by atoms with Crippen LogP contribution < -0.4 is 10.1 Å². The Balaban J connectivity index is 1.85. The van der Waals surface area contributed by atoms with Gasteiger partial charge >= 0.3 is 0 Å². The second kappa shape index (κ2) is 5.62. The van der Waals surface area contributed by atoms with E-state index in [4.69, 9.17) is 4.74 Å². The van der Waals surface area contributed by atoms with Gasteiger partial charge in [-0.25, -0.2) is 0 Å². The fourth-order valence-corrected chi connectivity index (χ4v) is 3.02. The number of fused-ring (bicyclic) bond motifs is 1. The van der Waals surface area contributed by atoms with Crippen LogP contribution in [0.15, 0.2) is 42.5 Å². The summed E-state index contributed by atoms with van der Waals surface area (Å²) in [6.45, 7) is 3.17. The van der Waals surface area contributed by atoms with Crippen LogP contribution in [0.4, 0.5) is 0 Å². The maximum atomic E-state index is 6.29. The van der Waals surface area contributed by atoms with Gasteiger partial charge in [-0.05, 0) is 37.3 Å². The van der Waals surface area contributed by atoms with Crippen molar-refractivity contribution < 1.29 is 4.74 Å². The highest BCUT2D eigenvalue weighted by atomic mass is 16.5. The fraction of sp³-hybridized carbons (Fsp3) is 0.412. The molecule has 1 aliphatic rings. The number of hydrogen-bond acceptors (Lipinski definition) is 2. The van der Waals surface area contributed by atoms with E-state index in [9.17, 15) is 0 Å². The van der Waals surface area contributed by atoms with E-state index in [0.717, 1.165) is 18.7 Å². The van der Waals surface area contributed by atoms with E-state index in [0.29, 0.717) is 12.1 Å². The number of nitrogens with one attached hydrogen (secondary N) is 1. The Morgan fingerprint density at radius 2 is 1.95 bits per heavy atom. The molecule has 2 aromatic carbocycles. The van der Waals surface area contributed by atoms with Gasteiger partial charge < -0.3 is 10.1 Å². The van der Waals surface area contributed by atoms with Crippen LogP contribution in [-0.4, -0.2) is 18.7 Å². The third-order valence-corrected chi connectivity index (χ3v) is 3.95. The lowest BCUT2D eigenvalue weighted by molar-refractivity contribution is 0.178. The lowest BCUT2D eigenvalue weighted by Gasteiger charge is -2.22. The van der Waals surface area contributed by atoms with Gasteiger partial charge in [0.05, 0.1) is 0 Å². The molecular formula is C17H21NO. The zero-order chi connectivity index (χ0) is 13.1. The average molecular weight is 255 g/mol. The van der Waals surface area contributed by atoms with Crippen LogP contribution >= 0.6 is 0 Å². The van der Waals surface area contributed by atoms with Crippen molar-refractivity contribution in [1.29, 1.82) is 0 Å². The summed E-state index contributed by atoms with van der Waals surface area (Å²) in [4.78, 5) is 0. The van der Waals surface area contributed by atoms with Gasteiger partial charge in [0.2, 0.25) is 0 Å². The predicted molar refractivity (Wildman–Crippen MR) is 79.7 cm³/mol. The van der Waals surface area contributed by atoms with Gasteiger partial charge in [0.15, 0.2) is 0 Å². The molecule has 1 aliphatic carbocycles. The van der Waals surface area contributed by atoms with Gasteiger partial charge in [0.25, 0.3) is 0 Å². The molecule has 1 fully saturated rings. The second-order valence-electron chi connectivity index (χ2n) is 5.23. The monoisotopic (exact) mass is 255 g/mol. The molecule has 0 bridgehead atoms. The maximum Gasteiger partial charge on any atom is 0.127 e. The standard InChI is InChI=1S/C17H21NO/c1-2-18-15-10-6-12-17(15)19-16-11-5-8-13-7-3-4-9-14(13)16/h3-5,7-9,11,15,17-18H,2,6,10,12H2,1H3. The maximum absolute atomic E-state index is 6.29. The summed E-state index contributed by atoms with van der Waals surface area (Å²) in [6.07, 6.45) is 3.95. The minimum Gasteiger partial charge on any atom is -0.488 e. The molecule has 2 unspecified atom stereocenters. The van der Waals surface area contributed by atoms with Crippen LogP contribution in [0.2, 0.25) is 0 Å². The molecule has 0 amide bonds. The minimum absolute atomic E-state index is 0.311. The van der Waals surface area contributed by atoms with E-state index in [1.807, 2.05) is 0 Å². The molecular weight excluding hydrogens is 234 g/mol. The molecule has 0 aliphatic heterocycles. The average Bonchev–Trinajstić information content (AvgIpc) is 2.87. The van der Waals surface area contributed by atoms with Crippen molar-refractivity contribution in [3.8, 4) is 5.75 Å². The highest BCUT2D eigenvalue weighted by Gasteiger charge is 2.28. The van der Waals surface area contributed by atoms with E-state index >= 15 is 0 Å². The zero-order valence-corrected chi connectivity index (χ0v) is 11.4. The minimum atomic E-state index is 0.311. The molecule has 1 saturated carbocycles. The number of ether oxygens (including phenoxy) is 1. The van der Waals surface area contributed by atoms with Crippen LogP contribution in [0.5, 0.6) is 5.75 Å². The van der Waals surface area contributed by atoms with Gasteiger partial charge in [-0.15, -0.1) is 0 Å². The first kappa shape index (κ1) is 12.5. The molecule has 2 aromatic rings. The number of hydrogen-bond donors (Lipinski definition) is 1. The summed E-state index contributed by atoms with van der Waals surface area (Å²) in [5.41, 5.74) is 0. The van der Waals surface area contributed by atoms with Crippen LogP contribution in [0.3, 0.4) is 0 Å². The Bertz CT molecular complexity index is 546. The summed E-state index contributed by atoms with van der Waals surface area (Å²) in [7, 11) is 0. The van der Waals surface area contributed by atoms with Crippen molar-refractivity contribution in [3.63, 3.8) is 0 Å². The van der Waals surface area contributed by atoms with Gasteiger partial charge in [-0.3, -0.25) is 0 Å². The topological polar surface area (TPSA) is 21.3 Å². The molecule has 0 aromatic heterocycles. The van der Waals surface area contributed by atoms with Crippen LogP contribution in [0.25, 0.3) is 10.8 Å². The highest BCUT2D eigenvalue weighted by Crippen LogP contribution is 2.30. The third-order valence-electron chi connectivity index (χ3n) is 3.95. The van der Waals surface area contributed by atoms with Crippen molar-refractivity contribution in [3.05, 3.63) is 42.5 Å². The molecule has 100 valence electrons. The SMILES string of the molecule is CCNC1CCCC1Oc1cccc2ccccc12. The van der Waals surface area contributed by atoms with Crippen molar-refractivity contribution in [2.24, 2.45) is 0 Å². The molecule has 1 N–H and O–H groups in total. The molecule has 0 spiro atoms. The Morgan fingerprint density at radius 3 is 2.84 bits per heavy atom. The molecule has 3 rings (SSSR count). The lowest BCUT2D eigenvalue weighted by Crippen LogP contribution is -2.38. The van der Waals surface area contributed by atoms with Crippen molar-refractivity contribution >= 4 is 10.8 Å². The highest BCUT2D eigenvalue weighted by molar-refractivity contribution is 5.88. The quantitative estimate of drug-likeness (QED) is 0.898. The number of rotatable bonds is 4. The number of likely N-dealkylation sites (N-methyl/N-ethyl adjacent to an activating group) is 1. The summed E-state index contributed by atoms with van der Waals surface area (Å²) in [5.74, 6) is 1.02. The zero-order valence-electron chi connectivity index (χ0n) is 11.4. The van der Waals surface area contributed by atoms with Crippen molar-refractivity contribution in [2.75, 3.05) is 6.54 Å². The second-order valence-corrected chi connectivity index (χ2v) is 5.23. The van der Waals surface area contributed by atoms with E-state index in [1.54, 1.807) is 0 Å². The van der Waals surface area contributed by atoms with E-state index in [1.165, 1.54) is 23.6 Å². The largest absolute Gasteiger partial charge is 0.488 e. The van der Waals surface area contributed by atoms with Crippen molar-refractivity contribution in [2.45, 2.75) is 38.3 Å². The predicted octanol–water partition coefficient (Wildman–Crippen LogP) is 3.75. The van der Waals surface area contributed by atoms with Crippen LogP contribution in [0, 0.1) is 0 Å². The lowest BCUT2D eigenvalue weighted by atomic mass is 10.1. The summed E-state index contributed by atoms with van der Waals surface area (Å²) >= 11 is 0. The molecule has 0 heterocycles. The normalized spacial score (nSPS) is 22.8. The van der Waals surface area contributed by atoms with E-state index in [-0.39, 0.29) is 0 Å². The molecule has 2 atom stereocenters. The molecule has 2 nitrogen and oxygen atoms in total. The summed E-state index contributed by atoms with van der Waals surface area (Å²) in [6, 6.07) is 15.2. The van der Waals surface area contributed by atoms with Gasteiger partial charge in [-0.2, -0.15) is 0 Å². The first-order chi connectivity index (χ1) is 9.38. The molecule has 0 saturated heterocycles. The molecule has 19 heavy (non-hydrogen) atoms. The van der Waals surface area contributed by atoms with Gasteiger partial charge in [0.1, 0.15) is 11.9 Å². The Morgan fingerprint density at radius 1 is 1.11 bits per heavy atom. The van der Waals surface area contributed by atoms with Gasteiger partial charge in [0, 0.05) is 11.4 Å². The molecule has 2 heteroatoms. The van der Waals surface area contributed by atoms with Crippen LogP contribution in [-0.2, 0) is 0 Å². The Labute approximate surface area is 114 Å². The Hall–Kier alpha value is -1.54. The fourth-order valence-electron chi connectivity index (χ4n) is 3.02. The summed E-state index contributed by atoms with van der Waals surface area (Å²) in [5, 5.41) is 6.00. The van der Waals surface area contributed by atoms with Crippen LogP contribution in [0.1, 0.15) is 26.2 Å². The third kappa shape index (κ3) is 2.59. The van der Waals surface area contributed by atoms with Crippen molar-refractivity contribution in [1.82, 2.24) is 5.32 Å².